The van der Waals surface area contributed by atoms with Crippen LogP contribution in [0.4, 0.5) is 0 Å². The first kappa shape index (κ1) is 12.2. The fourth-order valence-corrected chi connectivity index (χ4v) is 1.22. The summed E-state index contributed by atoms with van der Waals surface area (Å²) in [5, 5.41) is 0. The van der Waals surface area contributed by atoms with Gasteiger partial charge < -0.3 is 4.74 Å². The molecule has 0 spiro atoms. The number of aldehydes is 1. The average Bonchev–Trinajstić information content (AvgIpc) is 2.30. The summed E-state index contributed by atoms with van der Waals surface area (Å²) >= 11 is 0. The minimum Gasteiger partial charge on any atom is -0.463 e. The molecule has 3 nitrogen and oxygen atoms in total. The van der Waals surface area contributed by atoms with E-state index in [0.29, 0.717) is 17.7 Å². The zero-order valence-electron chi connectivity index (χ0n) is 9.40. The van der Waals surface area contributed by atoms with Crippen molar-refractivity contribution in [1.82, 2.24) is 0 Å². The Bertz CT molecular complexity index is 402. The lowest BCUT2D eigenvalue weighted by molar-refractivity contribution is -0.138. The van der Waals surface area contributed by atoms with E-state index in [4.69, 9.17) is 4.74 Å². The number of benzene rings is 1. The van der Waals surface area contributed by atoms with Crippen LogP contribution in [0, 0.1) is 0 Å². The van der Waals surface area contributed by atoms with Crippen LogP contribution in [0.3, 0.4) is 0 Å². The minimum absolute atomic E-state index is 0.318. The van der Waals surface area contributed by atoms with Crippen LogP contribution >= 0.6 is 0 Å². The number of ether oxygens (including phenoxy) is 1. The Morgan fingerprint density at radius 1 is 1.25 bits per heavy atom. The predicted octanol–water partition coefficient (Wildman–Crippen LogP) is 2.47. The Morgan fingerprint density at radius 3 is 2.31 bits per heavy atom. The molecule has 0 radical (unpaired) electrons. The van der Waals surface area contributed by atoms with Crippen LogP contribution in [-0.2, 0) is 9.53 Å². The molecule has 0 aliphatic rings. The van der Waals surface area contributed by atoms with E-state index in [1.54, 1.807) is 44.2 Å². The van der Waals surface area contributed by atoms with Gasteiger partial charge in [0.15, 0.2) is 0 Å². The molecule has 0 bridgehead atoms. The van der Waals surface area contributed by atoms with Gasteiger partial charge in [-0.2, -0.15) is 0 Å². The van der Waals surface area contributed by atoms with Crippen molar-refractivity contribution in [3.05, 3.63) is 41.0 Å². The third kappa shape index (κ3) is 3.35. The highest BCUT2D eigenvalue weighted by molar-refractivity contribution is 5.93. The highest BCUT2D eigenvalue weighted by Gasteiger charge is 2.03. The van der Waals surface area contributed by atoms with Gasteiger partial charge in [-0.1, -0.05) is 24.3 Å². The van der Waals surface area contributed by atoms with Crippen molar-refractivity contribution in [3.8, 4) is 0 Å². The Balaban J connectivity index is 2.81. The molecular weight excluding hydrogens is 204 g/mol. The molecule has 0 aliphatic heterocycles. The first-order valence-corrected chi connectivity index (χ1v) is 5.08. The van der Waals surface area contributed by atoms with Crippen LogP contribution < -0.4 is 0 Å². The van der Waals surface area contributed by atoms with Gasteiger partial charge in [-0.15, -0.1) is 0 Å². The molecular formula is C13H14O3. The predicted molar refractivity (Wildman–Crippen MR) is 62.1 cm³/mol. The Hall–Kier alpha value is -1.90. The number of esters is 1. The SMILES string of the molecule is CCOC(=O)/C(C)=C/c1ccc(C=O)cc1. The van der Waals surface area contributed by atoms with E-state index in [1.807, 2.05) is 0 Å². The van der Waals surface area contributed by atoms with Crippen LogP contribution in [0.5, 0.6) is 0 Å². The molecule has 1 aromatic rings. The van der Waals surface area contributed by atoms with Gasteiger partial charge in [-0.25, -0.2) is 4.79 Å². The summed E-state index contributed by atoms with van der Waals surface area (Å²) in [5.41, 5.74) is 2.03. The quantitative estimate of drug-likeness (QED) is 0.443. The first-order chi connectivity index (χ1) is 7.67. The Labute approximate surface area is 94.7 Å². The largest absolute Gasteiger partial charge is 0.463 e. The van der Waals surface area contributed by atoms with Crippen molar-refractivity contribution in [2.75, 3.05) is 6.61 Å². The van der Waals surface area contributed by atoms with Crippen molar-refractivity contribution >= 4 is 18.3 Å². The van der Waals surface area contributed by atoms with E-state index in [1.165, 1.54) is 0 Å². The second-order valence-electron chi connectivity index (χ2n) is 3.33. The highest BCUT2D eigenvalue weighted by atomic mass is 16.5. The average molecular weight is 218 g/mol. The fraction of sp³-hybridized carbons (Fsp3) is 0.231. The molecule has 0 aromatic heterocycles. The molecule has 1 aromatic carbocycles. The summed E-state index contributed by atoms with van der Waals surface area (Å²) in [6, 6.07) is 6.98. The van der Waals surface area contributed by atoms with E-state index < -0.39 is 0 Å². The standard InChI is InChI=1S/C13H14O3/c1-3-16-13(15)10(2)8-11-4-6-12(9-14)7-5-11/h4-9H,3H2,1-2H3/b10-8+. The van der Waals surface area contributed by atoms with Gasteiger partial charge in [0.05, 0.1) is 6.61 Å². The second-order valence-corrected chi connectivity index (χ2v) is 3.33. The van der Waals surface area contributed by atoms with Crippen LogP contribution in [-0.4, -0.2) is 18.9 Å². The molecule has 16 heavy (non-hydrogen) atoms. The number of carbonyl (C=O) groups excluding carboxylic acids is 2. The molecule has 0 saturated carbocycles. The lowest BCUT2D eigenvalue weighted by Gasteiger charge is -2.01. The highest BCUT2D eigenvalue weighted by Crippen LogP contribution is 2.09. The number of carbonyl (C=O) groups is 2. The van der Waals surface area contributed by atoms with Gasteiger partial charge in [0.2, 0.25) is 0 Å². The van der Waals surface area contributed by atoms with Crippen LogP contribution in [0.15, 0.2) is 29.8 Å². The minimum atomic E-state index is -0.318. The molecule has 0 N–H and O–H groups in total. The summed E-state index contributed by atoms with van der Waals surface area (Å²) in [4.78, 5) is 21.8. The summed E-state index contributed by atoms with van der Waals surface area (Å²) in [5.74, 6) is -0.318. The maximum absolute atomic E-state index is 11.3. The van der Waals surface area contributed by atoms with Crippen molar-refractivity contribution in [2.45, 2.75) is 13.8 Å². The van der Waals surface area contributed by atoms with Gasteiger partial charge in [0.1, 0.15) is 6.29 Å². The van der Waals surface area contributed by atoms with Crippen molar-refractivity contribution < 1.29 is 14.3 Å². The van der Waals surface area contributed by atoms with Gasteiger partial charge in [0.25, 0.3) is 0 Å². The zero-order chi connectivity index (χ0) is 12.0. The molecule has 0 atom stereocenters. The molecule has 0 unspecified atom stereocenters. The molecule has 3 heteroatoms. The topological polar surface area (TPSA) is 43.4 Å². The third-order valence-corrected chi connectivity index (χ3v) is 2.05. The summed E-state index contributed by atoms with van der Waals surface area (Å²) in [6.07, 6.45) is 2.51. The van der Waals surface area contributed by atoms with Gasteiger partial charge in [-0.05, 0) is 25.5 Å². The molecule has 84 valence electrons. The summed E-state index contributed by atoms with van der Waals surface area (Å²) in [6.45, 7) is 3.84. The van der Waals surface area contributed by atoms with Gasteiger partial charge in [0, 0.05) is 11.1 Å². The van der Waals surface area contributed by atoms with E-state index in [9.17, 15) is 9.59 Å². The third-order valence-electron chi connectivity index (χ3n) is 2.05. The molecule has 0 aliphatic carbocycles. The Kier molecular flexibility index (Phi) is 4.45. The summed E-state index contributed by atoms with van der Waals surface area (Å²) in [7, 11) is 0. The smallest absolute Gasteiger partial charge is 0.333 e. The van der Waals surface area contributed by atoms with Gasteiger partial charge in [-0.3, -0.25) is 4.79 Å². The number of rotatable bonds is 4. The summed E-state index contributed by atoms with van der Waals surface area (Å²) < 4.78 is 4.86. The van der Waals surface area contributed by atoms with Gasteiger partial charge >= 0.3 is 5.97 Å². The van der Waals surface area contributed by atoms with Crippen molar-refractivity contribution in [2.24, 2.45) is 0 Å². The van der Waals surface area contributed by atoms with Crippen molar-refractivity contribution in [3.63, 3.8) is 0 Å². The normalized spacial score (nSPS) is 11.0. The molecule has 0 amide bonds. The molecule has 0 fully saturated rings. The molecule has 0 saturated heterocycles. The maximum Gasteiger partial charge on any atom is 0.333 e. The first-order valence-electron chi connectivity index (χ1n) is 5.08. The zero-order valence-corrected chi connectivity index (χ0v) is 9.40. The van der Waals surface area contributed by atoms with Crippen LogP contribution in [0.2, 0.25) is 0 Å². The molecule has 0 heterocycles. The number of hydrogen-bond donors (Lipinski definition) is 0. The Morgan fingerprint density at radius 2 is 1.81 bits per heavy atom. The number of hydrogen-bond acceptors (Lipinski definition) is 3. The van der Waals surface area contributed by atoms with E-state index in [0.717, 1.165) is 11.8 Å². The second kappa shape index (κ2) is 5.85. The van der Waals surface area contributed by atoms with E-state index in [2.05, 4.69) is 0 Å². The van der Waals surface area contributed by atoms with Crippen LogP contribution in [0.25, 0.3) is 6.08 Å². The lowest BCUT2D eigenvalue weighted by atomic mass is 10.1. The van der Waals surface area contributed by atoms with E-state index >= 15 is 0 Å². The molecule has 1 rings (SSSR count). The fourth-order valence-electron chi connectivity index (χ4n) is 1.22. The van der Waals surface area contributed by atoms with Crippen LogP contribution in [0.1, 0.15) is 29.8 Å². The monoisotopic (exact) mass is 218 g/mol. The van der Waals surface area contributed by atoms with E-state index in [-0.39, 0.29) is 5.97 Å². The van der Waals surface area contributed by atoms with Crippen molar-refractivity contribution in [1.29, 1.82) is 0 Å². The maximum atomic E-state index is 11.3. The lowest BCUT2D eigenvalue weighted by Crippen LogP contribution is -2.04.